The van der Waals surface area contributed by atoms with Crippen LogP contribution in [0.15, 0.2) is 11.7 Å². The van der Waals surface area contributed by atoms with Gasteiger partial charge in [0.1, 0.15) is 12.2 Å². The molecule has 0 saturated carbocycles. The van der Waals surface area contributed by atoms with Gasteiger partial charge in [-0.05, 0) is 24.3 Å². The Morgan fingerprint density at radius 2 is 2.43 bits per heavy atom. The van der Waals surface area contributed by atoms with Crippen LogP contribution in [0.4, 0.5) is 0 Å². The van der Waals surface area contributed by atoms with Crippen LogP contribution >= 0.6 is 6.72 Å². The summed E-state index contributed by atoms with van der Waals surface area (Å²) >= 11 is 4.72. The molecule has 2 radical (unpaired) electrons. The van der Waals surface area contributed by atoms with Gasteiger partial charge in [0.05, 0.1) is 0 Å². The average Bonchev–Trinajstić information content (AvgIpc) is 2.45. The number of ether oxygens (including phenoxy) is 1. The zero-order valence-electron chi connectivity index (χ0n) is 8.04. The Hall–Kier alpha value is 0.135. The van der Waals surface area contributed by atoms with E-state index in [1.165, 1.54) is 7.11 Å². The summed E-state index contributed by atoms with van der Waals surface area (Å²) < 4.78 is 15.1. The fraction of sp³-hybridized carbons (Fsp3) is 0.714. The molecule has 7 heteroatoms. The lowest BCUT2D eigenvalue weighted by molar-refractivity contribution is 0.0591. The first-order chi connectivity index (χ1) is 6.48. The minimum atomic E-state index is -3.15. The highest BCUT2D eigenvalue weighted by Crippen LogP contribution is 2.46. The average molecular weight is 234 g/mol. The minimum absolute atomic E-state index is 0.195. The topological polar surface area (TPSA) is 47.9 Å². The van der Waals surface area contributed by atoms with Crippen LogP contribution in [-0.4, -0.2) is 32.1 Å². The molecule has 0 amide bonds. The standard InChI is InChI=1S/C7H12BO4PS/c1-3-5-6(4-7(8)11-5)12-13(9,14)10-2/h4-6H,3H2,1-2H3,(H,9,14)/t5-,6?,13?/m1/s1. The van der Waals surface area contributed by atoms with Crippen molar-refractivity contribution in [3.05, 3.63) is 11.7 Å². The van der Waals surface area contributed by atoms with Gasteiger partial charge < -0.3 is 14.2 Å². The predicted octanol–water partition coefficient (Wildman–Crippen LogP) is 1.05. The summed E-state index contributed by atoms with van der Waals surface area (Å²) in [5.74, 6) is 0. The molecule has 0 aromatic heterocycles. The quantitative estimate of drug-likeness (QED) is 0.582. The highest BCUT2D eigenvalue weighted by molar-refractivity contribution is 8.07. The van der Waals surface area contributed by atoms with E-state index >= 15 is 0 Å². The van der Waals surface area contributed by atoms with Crippen LogP contribution in [0, 0.1) is 0 Å². The van der Waals surface area contributed by atoms with Crippen LogP contribution < -0.4 is 0 Å². The van der Waals surface area contributed by atoms with Gasteiger partial charge in [-0.3, -0.25) is 4.52 Å². The zero-order valence-corrected chi connectivity index (χ0v) is 9.75. The molecule has 0 aromatic carbocycles. The Labute approximate surface area is 89.9 Å². The Morgan fingerprint density at radius 1 is 1.79 bits per heavy atom. The zero-order chi connectivity index (χ0) is 10.8. The van der Waals surface area contributed by atoms with E-state index < -0.39 is 12.8 Å². The van der Waals surface area contributed by atoms with Gasteiger partial charge in [0.15, 0.2) is 7.85 Å². The molecule has 1 aliphatic heterocycles. The fourth-order valence-corrected chi connectivity index (χ4v) is 2.05. The minimum Gasteiger partial charge on any atom is -0.504 e. The van der Waals surface area contributed by atoms with Crippen molar-refractivity contribution in [1.29, 1.82) is 0 Å². The predicted molar refractivity (Wildman–Crippen MR) is 57.4 cm³/mol. The maximum absolute atomic E-state index is 9.44. The summed E-state index contributed by atoms with van der Waals surface area (Å²) in [5.41, 5.74) is 0.299. The lowest BCUT2D eigenvalue weighted by atomic mass is 10.1. The second kappa shape index (κ2) is 4.77. The van der Waals surface area contributed by atoms with Gasteiger partial charge in [0.2, 0.25) is 0 Å². The van der Waals surface area contributed by atoms with E-state index in [0.29, 0.717) is 5.66 Å². The molecule has 2 unspecified atom stereocenters. The van der Waals surface area contributed by atoms with Crippen LogP contribution in [0.2, 0.25) is 0 Å². The molecule has 4 nitrogen and oxygen atoms in total. The van der Waals surface area contributed by atoms with E-state index in [-0.39, 0.29) is 6.10 Å². The van der Waals surface area contributed by atoms with E-state index in [2.05, 4.69) is 4.52 Å². The molecule has 0 aromatic rings. The second-order valence-electron chi connectivity index (χ2n) is 2.85. The molecule has 1 N–H and O–H groups in total. The third kappa shape index (κ3) is 3.07. The summed E-state index contributed by atoms with van der Waals surface area (Å²) in [5, 5.41) is 0. The Morgan fingerprint density at radius 3 is 2.93 bits per heavy atom. The number of hydrogen-bond donors (Lipinski definition) is 1. The van der Waals surface area contributed by atoms with Crippen LogP contribution in [0.5, 0.6) is 0 Å². The highest BCUT2D eigenvalue weighted by Gasteiger charge is 2.31. The van der Waals surface area contributed by atoms with Gasteiger partial charge in [-0.25, -0.2) is 0 Å². The van der Waals surface area contributed by atoms with Gasteiger partial charge in [-0.15, -0.1) is 0 Å². The first kappa shape index (κ1) is 12.2. The SMILES string of the molecule is [B]C1=CC(OP(O)(=S)OC)[C@@H](CC)O1. The molecule has 1 rings (SSSR count). The van der Waals surface area contributed by atoms with Crippen molar-refractivity contribution in [1.82, 2.24) is 0 Å². The van der Waals surface area contributed by atoms with Crippen LogP contribution in [0.1, 0.15) is 13.3 Å². The molecule has 14 heavy (non-hydrogen) atoms. The van der Waals surface area contributed by atoms with Crippen molar-refractivity contribution in [2.45, 2.75) is 25.6 Å². The molecule has 3 atom stereocenters. The Balaban J connectivity index is 2.64. The van der Waals surface area contributed by atoms with E-state index in [4.69, 9.17) is 28.9 Å². The Kier molecular flexibility index (Phi) is 4.16. The summed E-state index contributed by atoms with van der Waals surface area (Å²) in [6, 6.07) is 0. The lowest BCUT2D eigenvalue weighted by Gasteiger charge is -2.21. The van der Waals surface area contributed by atoms with E-state index in [1.54, 1.807) is 6.08 Å². The van der Waals surface area contributed by atoms with Gasteiger partial charge in [-0.2, -0.15) is 0 Å². The molecule has 1 aliphatic rings. The summed E-state index contributed by atoms with van der Waals surface area (Å²) in [6.45, 7) is -1.21. The molecular formula is C7H12BO4PS. The monoisotopic (exact) mass is 234 g/mol. The van der Waals surface area contributed by atoms with E-state index in [0.717, 1.165) is 6.42 Å². The van der Waals surface area contributed by atoms with Crippen LogP contribution in [0.25, 0.3) is 0 Å². The first-order valence-electron chi connectivity index (χ1n) is 4.19. The van der Waals surface area contributed by atoms with Crippen molar-refractivity contribution in [3.8, 4) is 0 Å². The van der Waals surface area contributed by atoms with E-state index in [1.807, 2.05) is 6.92 Å². The van der Waals surface area contributed by atoms with Crippen LogP contribution in [-0.2, 0) is 25.6 Å². The molecule has 0 fully saturated rings. The summed E-state index contributed by atoms with van der Waals surface area (Å²) in [6.07, 6.45) is 1.70. The maximum atomic E-state index is 9.44. The first-order valence-corrected chi connectivity index (χ1v) is 6.78. The third-order valence-electron chi connectivity index (χ3n) is 1.87. The van der Waals surface area contributed by atoms with Crippen molar-refractivity contribution < 1.29 is 18.7 Å². The third-order valence-corrected chi connectivity index (χ3v) is 3.55. The normalized spacial score (nSPS) is 30.6. The number of hydrogen-bond acceptors (Lipinski definition) is 4. The van der Waals surface area contributed by atoms with Crippen molar-refractivity contribution in [2.75, 3.05) is 7.11 Å². The maximum Gasteiger partial charge on any atom is 0.324 e. The summed E-state index contributed by atoms with van der Waals surface area (Å²) in [7, 11) is 6.78. The van der Waals surface area contributed by atoms with Gasteiger partial charge in [-0.1, -0.05) is 6.92 Å². The molecule has 0 bridgehead atoms. The van der Waals surface area contributed by atoms with Gasteiger partial charge >= 0.3 is 6.72 Å². The summed E-state index contributed by atoms with van der Waals surface area (Å²) in [4.78, 5) is 9.44. The van der Waals surface area contributed by atoms with E-state index in [9.17, 15) is 4.89 Å². The molecule has 0 saturated heterocycles. The molecular weight excluding hydrogens is 222 g/mol. The molecule has 0 spiro atoms. The largest absolute Gasteiger partial charge is 0.504 e. The van der Waals surface area contributed by atoms with Crippen molar-refractivity contribution in [3.63, 3.8) is 0 Å². The van der Waals surface area contributed by atoms with Crippen molar-refractivity contribution >= 4 is 26.4 Å². The lowest BCUT2D eigenvalue weighted by Crippen LogP contribution is -2.23. The smallest absolute Gasteiger partial charge is 0.324 e. The highest BCUT2D eigenvalue weighted by atomic mass is 32.5. The number of rotatable bonds is 4. The fourth-order valence-electron chi connectivity index (χ4n) is 1.16. The van der Waals surface area contributed by atoms with Crippen molar-refractivity contribution in [2.24, 2.45) is 0 Å². The van der Waals surface area contributed by atoms with Gasteiger partial charge in [0, 0.05) is 12.8 Å². The van der Waals surface area contributed by atoms with Crippen LogP contribution in [0.3, 0.4) is 0 Å². The molecule has 78 valence electrons. The van der Waals surface area contributed by atoms with Gasteiger partial charge in [0.25, 0.3) is 0 Å². The molecule has 0 aliphatic carbocycles. The molecule has 1 heterocycles. The second-order valence-corrected chi connectivity index (χ2v) is 5.75. The Bertz CT molecular complexity index is 283.